The summed E-state index contributed by atoms with van der Waals surface area (Å²) in [5, 5.41) is 12.7. The highest BCUT2D eigenvalue weighted by Crippen LogP contribution is 2.33. The number of aryl methyl sites for hydroxylation is 1. The van der Waals surface area contributed by atoms with Crippen molar-refractivity contribution in [3.05, 3.63) is 27.6 Å². The molecule has 2 fully saturated rings. The molecule has 0 N–H and O–H groups in total. The molecule has 0 spiro atoms. The van der Waals surface area contributed by atoms with Gasteiger partial charge in [0.15, 0.2) is 0 Å². The minimum Gasteiger partial charge on any atom is -0.710 e. The molecule has 0 bridgehead atoms. The smallest absolute Gasteiger partial charge is 0.419 e. The molecule has 1 aromatic rings. The number of piperidine rings is 1. The van der Waals surface area contributed by atoms with Gasteiger partial charge < -0.3 is 5.21 Å². The molecule has 3 rings (SSSR count). The molecular weight excluding hydrogens is 306 g/mol. The summed E-state index contributed by atoms with van der Waals surface area (Å²) in [4.78, 5) is 27.9. The number of rotatable bonds is 1. The van der Waals surface area contributed by atoms with Crippen molar-refractivity contribution in [3.63, 3.8) is 0 Å². The number of nitrogens with zero attached hydrogens (tertiary/aromatic N) is 3. The van der Waals surface area contributed by atoms with E-state index in [2.05, 4.69) is 6.92 Å². The number of halogens is 1. The van der Waals surface area contributed by atoms with E-state index in [9.17, 15) is 14.8 Å². The lowest BCUT2D eigenvalue weighted by atomic mass is 9.93. The van der Waals surface area contributed by atoms with Crippen molar-refractivity contribution in [1.29, 1.82) is 0 Å². The van der Waals surface area contributed by atoms with Crippen LogP contribution in [0.1, 0.15) is 31.0 Å². The first-order valence-electron chi connectivity index (χ1n) is 7.36. The Morgan fingerprint density at radius 2 is 2.05 bits per heavy atom. The zero-order chi connectivity index (χ0) is 16.2. The van der Waals surface area contributed by atoms with Gasteiger partial charge >= 0.3 is 11.9 Å². The van der Waals surface area contributed by atoms with E-state index < -0.39 is 12.1 Å². The Balaban J connectivity index is 2.08. The van der Waals surface area contributed by atoms with Crippen LogP contribution in [0.3, 0.4) is 0 Å². The fraction of sp³-hybridized carbons (Fsp3) is 0.533. The number of fused-ring (bicyclic) bond motifs is 1. The molecule has 0 aliphatic carbocycles. The van der Waals surface area contributed by atoms with Crippen LogP contribution < -0.4 is 9.63 Å². The monoisotopic (exact) mass is 323 g/mol. The van der Waals surface area contributed by atoms with E-state index in [0.717, 1.165) is 11.3 Å². The average molecular weight is 324 g/mol. The predicted octanol–water partition coefficient (Wildman–Crippen LogP) is 2.16. The maximum absolute atomic E-state index is 12.7. The first kappa shape index (κ1) is 15.1. The van der Waals surface area contributed by atoms with Crippen LogP contribution in [0.4, 0.5) is 10.6 Å². The Hall–Kier alpha value is -1.82. The van der Waals surface area contributed by atoms with Crippen LogP contribution in [-0.4, -0.2) is 29.4 Å². The van der Waals surface area contributed by atoms with E-state index in [1.807, 2.05) is 0 Å². The summed E-state index contributed by atoms with van der Waals surface area (Å²) in [5.74, 6) is 0.148. The highest BCUT2D eigenvalue weighted by molar-refractivity contribution is 6.31. The van der Waals surface area contributed by atoms with Gasteiger partial charge in [-0.3, -0.25) is 4.90 Å². The predicted molar refractivity (Wildman–Crippen MR) is 81.7 cm³/mol. The second kappa shape index (κ2) is 5.12. The Kier molecular flexibility index (Phi) is 3.51. The van der Waals surface area contributed by atoms with Crippen molar-refractivity contribution in [2.75, 3.05) is 11.4 Å². The topological polar surface area (TPSA) is 67.6 Å². The maximum atomic E-state index is 12.7. The average Bonchev–Trinajstić information content (AvgIpc) is 2.70. The fourth-order valence-electron chi connectivity index (χ4n) is 3.21. The van der Waals surface area contributed by atoms with E-state index in [1.165, 1.54) is 0 Å². The largest absolute Gasteiger partial charge is 0.710 e. The van der Waals surface area contributed by atoms with Gasteiger partial charge in [0.05, 0.1) is 5.02 Å². The third-order valence-corrected chi connectivity index (χ3v) is 4.94. The van der Waals surface area contributed by atoms with Crippen molar-refractivity contribution in [2.45, 2.75) is 39.7 Å². The minimum atomic E-state index is -0.452. The summed E-state index contributed by atoms with van der Waals surface area (Å²) < 4.78 is 0.579. The molecule has 2 unspecified atom stereocenters. The van der Waals surface area contributed by atoms with Gasteiger partial charge in [-0.2, -0.15) is 0 Å². The molecule has 3 amide bonds. The SMILES string of the molecule is Cc1cc(Cl)c(C)[n+]([O-])c1N1C(=O)C2CC(C)CCN2C1=O. The number of imide groups is 1. The van der Waals surface area contributed by atoms with Crippen LogP contribution in [0, 0.1) is 25.0 Å². The number of aromatic nitrogens is 1. The number of anilines is 1. The number of pyridine rings is 1. The van der Waals surface area contributed by atoms with Crippen molar-refractivity contribution in [3.8, 4) is 0 Å². The van der Waals surface area contributed by atoms with Gasteiger partial charge in [0.1, 0.15) is 11.7 Å². The van der Waals surface area contributed by atoms with Gasteiger partial charge in [-0.15, -0.1) is 4.90 Å². The van der Waals surface area contributed by atoms with Crippen molar-refractivity contribution < 1.29 is 14.3 Å². The third-order valence-electron chi connectivity index (χ3n) is 4.56. The second-order valence-electron chi connectivity index (χ2n) is 6.17. The molecule has 1 aromatic heterocycles. The summed E-state index contributed by atoms with van der Waals surface area (Å²) in [6.45, 7) is 5.87. The van der Waals surface area contributed by atoms with Gasteiger partial charge in [0.25, 0.3) is 5.82 Å². The van der Waals surface area contributed by atoms with Gasteiger partial charge in [0.2, 0.25) is 0 Å². The number of carbonyl (C=O) groups is 2. The molecule has 2 saturated heterocycles. The lowest BCUT2D eigenvalue weighted by Crippen LogP contribution is -2.45. The third kappa shape index (κ3) is 2.05. The normalized spacial score (nSPS) is 24.9. The van der Waals surface area contributed by atoms with Crippen molar-refractivity contribution >= 4 is 29.4 Å². The molecule has 2 atom stereocenters. The van der Waals surface area contributed by atoms with E-state index in [4.69, 9.17) is 11.6 Å². The molecule has 7 heteroatoms. The van der Waals surface area contributed by atoms with Gasteiger partial charge in [-0.1, -0.05) is 18.5 Å². The fourth-order valence-corrected chi connectivity index (χ4v) is 3.45. The number of amides is 3. The van der Waals surface area contributed by atoms with Crippen LogP contribution in [0.2, 0.25) is 5.02 Å². The van der Waals surface area contributed by atoms with E-state index in [1.54, 1.807) is 24.8 Å². The van der Waals surface area contributed by atoms with Gasteiger partial charge in [0, 0.05) is 12.1 Å². The van der Waals surface area contributed by atoms with Crippen LogP contribution in [0.5, 0.6) is 0 Å². The Morgan fingerprint density at radius 1 is 1.36 bits per heavy atom. The summed E-state index contributed by atoms with van der Waals surface area (Å²) in [5.41, 5.74) is 0.793. The Labute approximate surface area is 133 Å². The van der Waals surface area contributed by atoms with E-state index in [-0.39, 0.29) is 17.4 Å². The molecule has 6 nitrogen and oxygen atoms in total. The summed E-state index contributed by atoms with van der Waals surface area (Å²) in [7, 11) is 0. The maximum Gasteiger partial charge on any atom is 0.419 e. The van der Waals surface area contributed by atoms with Crippen LogP contribution in [-0.2, 0) is 4.79 Å². The molecule has 3 heterocycles. The van der Waals surface area contributed by atoms with Gasteiger partial charge in [-0.05, 0) is 38.7 Å². The number of hydrogen-bond donors (Lipinski definition) is 0. The van der Waals surface area contributed by atoms with Gasteiger partial charge in [-0.25, -0.2) is 14.3 Å². The molecule has 0 saturated carbocycles. The number of urea groups is 1. The highest BCUT2D eigenvalue weighted by Gasteiger charge is 2.54. The summed E-state index contributed by atoms with van der Waals surface area (Å²) in [6.07, 6.45) is 1.52. The molecular formula is C15H18ClN3O3. The number of carbonyl (C=O) groups excluding carboxylic acids is 2. The minimum absolute atomic E-state index is 0.0685. The standard InChI is InChI=1S/C15H18ClN3O3/c1-8-4-5-17-12(6-8)14(20)18(15(17)21)13-9(2)7-11(16)10(3)19(13)22/h7-8,12H,4-6H2,1-3H3. The molecule has 2 aliphatic heterocycles. The molecule has 0 radical (unpaired) electrons. The molecule has 118 valence electrons. The first-order valence-corrected chi connectivity index (χ1v) is 7.74. The lowest BCUT2D eigenvalue weighted by Gasteiger charge is -2.28. The first-order chi connectivity index (χ1) is 10.3. The Morgan fingerprint density at radius 3 is 2.73 bits per heavy atom. The quantitative estimate of drug-likeness (QED) is 0.452. The van der Waals surface area contributed by atoms with E-state index >= 15 is 0 Å². The van der Waals surface area contributed by atoms with Crippen molar-refractivity contribution in [1.82, 2.24) is 4.90 Å². The van der Waals surface area contributed by atoms with E-state index in [0.29, 0.717) is 34.2 Å². The summed E-state index contributed by atoms with van der Waals surface area (Å²) >= 11 is 5.99. The molecule has 22 heavy (non-hydrogen) atoms. The lowest BCUT2D eigenvalue weighted by molar-refractivity contribution is -0.598. The molecule has 2 aliphatic rings. The summed E-state index contributed by atoms with van der Waals surface area (Å²) in [6, 6.07) is 0.754. The second-order valence-corrected chi connectivity index (χ2v) is 6.58. The molecule has 0 aromatic carbocycles. The van der Waals surface area contributed by atoms with Crippen molar-refractivity contribution in [2.24, 2.45) is 5.92 Å². The van der Waals surface area contributed by atoms with Crippen LogP contribution in [0.25, 0.3) is 0 Å². The highest BCUT2D eigenvalue weighted by atomic mass is 35.5. The van der Waals surface area contributed by atoms with Crippen LogP contribution in [0.15, 0.2) is 6.07 Å². The number of hydrogen-bond acceptors (Lipinski definition) is 3. The zero-order valence-corrected chi connectivity index (χ0v) is 13.6. The Bertz CT molecular complexity index is 676. The van der Waals surface area contributed by atoms with Crippen LogP contribution >= 0.6 is 11.6 Å². The zero-order valence-electron chi connectivity index (χ0n) is 12.8.